The van der Waals surface area contributed by atoms with Crippen LogP contribution in [0.15, 0.2) is 35.5 Å². The zero-order chi connectivity index (χ0) is 18.4. The van der Waals surface area contributed by atoms with E-state index in [1.165, 1.54) is 32.9 Å². The molecule has 1 aliphatic rings. The Balaban J connectivity index is 2.39. The molecule has 0 amide bonds. The summed E-state index contributed by atoms with van der Waals surface area (Å²) >= 11 is 2.54. The van der Waals surface area contributed by atoms with E-state index in [9.17, 15) is 9.59 Å². The zero-order valence-corrected chi connectivity index (χ0v) is 15.7. The van der Waals surface area contributed by atoms with E-state index in [0.717, 1.165) is 11.8 Å². The molecule has 0 fully saturated rings. The van der Waals surface area contributed by atoms with Crippen LogP contribution in [0.5, 0.6) is 17.2 Å². The number of nitrogens with zero attached hydrogens (tertiary/aromatic N) is 1. The van der Waals surface area contributed by atoms with Gasteiger partial charge in [-0.2, -0.15) is 0 Å². The third-order valence-corrected chi connectivity index (χ3v) is 4.96. The highest BCUT2D eigenvalue weighted by Gasteiger charge is 2.23. The average Bonchev–Trinajstić information content (AvgIpc) is 2.93. The second-order valence-corrected chi connectivity index (χ2v) is 6.97. The van der Waals surface area contributed by atoms with E-state index >= 15 is 0 Å². The maximum absolute atomic E-state index is 12.1. The van der Waals surface area contributed by atoms with Crippen LogP contribution in [0.2, 0.25) is 0 Å². The fourth-order valence-corrected chi connectivity index (χ4v) is 3.57. The molecule has 1 heterocycles. The summed E-state index contributed by atoms with van der Waals surface area (Å²) in [7, 11) is 2.91. The van der Waals surface area contributed by atoms with Gasteiger partial charge in [0.1, 0.15) is 10.1 Å². The Morgan fingerprint density at radius 3 is 2.48 bits per heavy atom. The van der Waals surface area contributed by atoms with Crippen molar-refractivity contribution in [2.45, 2.75) is 6.92 Å². The molecule has 1 aromatic rings. The minimum absolute atomic E-state index is 0.131. The minimum Gasteiger partial charge on any atom is -0.493 e. The molecule has 0 saturated carbocycles. The molecule has 0 saturated heterocycles. The standard InChI is InChI=1S/C17H17NO5S2/c1-5-6-24-17-18-12(16(20)25-17)7-11-8-13(21-3)15(23-10(2)19)14(9-11)22-4/h5,7-9H,1,6H2,2-4H3/b12-7-. The monoisotopic (exact) mass is 379 g/mol. The number of hydrogen-bond donors (Lipinski definition) is 0. The van der Waals surface area contributed by atoms with Crippen LogP contribution < -0.4 is 14.2 Å². The van der Waals surface area contributed by atoms with Crippen LogP contribution in [-0.2, 0) is 9.59 Å². The van der Waals surface area contributed by atoms with Crippen molar-refractivity contribution in [1.29, 1.82) is 0 Å². The average molecular weight is 379 g/mol. The summed E-state index contributed by atoms with van der Waals surface area (Å²) in [4.78, 5) is 27.7. The van der Waals surface area contributed by atoms with Gasteiger partial charge >= 0.3 is 5.97 Å². The number of carbonyl (C=O) groups excluding carboxylic acids is 2. The summed E-state index contributed by atoms with van der Waals surface area (Å²) in [6, 6.07) is 3.30. The number of ether oxygens (including phenoxy) is 3. The van der Waals surface area contributed by atoms with Crippen LogP contribution in [0.4, 0.5) is 0 Å². The number of methoxy groups -OCH3 is 2. The first-order chi connectivity index (χ1) is 12.0. The summed E-state index contributed by atoms with van der Waals surface area (Å²) < 4.78 is 16.4. The van der Waals surface area contributed by atoms with Gasteiger partial charge in [0.25, 0.3) is 0 Å². The molecule has 0 bridgehead atoms. The number of benzene rings is 1. The molecule has 132 valence electrons. The van der Waals surface area contributed by atoms with Gasteiger partial charge in [-0.25, -0.2) is 4.99 Å². The highest BCUT2D eigenvalue weighted by Crippen LogP contribution is 2.40. The van der Waals surface area contributed by atoms with E-state index in [4.69, 9.17) is 14.2 Å². The third-order valence-electron chi connectivity index (χ3n) is 2.96. The van der Waals surface area contributed by atoms with Crippen molar-refractivity contribution < 1.29 is 23.8 Å². The van der Waals surface area contributed by atoms with Gasteiger partial charge in [0, 0.05) is 12.7 Å². The van der Waals surface area contributed by atoms with E-state index < -0.39 is 5.97 Å². The van der Waals surface area contributed by atoms with Gasteiger partial charge in [-0.1, -0.05) is 17.8 Å². The van der Waals surface area contributed by atoms with Crippen LogP contribution >= 0.6 is 23.5 Å². The number of hydrogen-bond acceptors (Lipinski definition) is 8. The molecule has 2 rings (SSSR count). The lowest BCUT2D eigenvalue weighted by atomic mass is 10.1. The maximum atomic E-state index is 12.1. The SMILES string of the molecule is C=CCSC1=N/C(=C\c2cc(OC)c(OC(C)=O)c(OC)c2)C(=O)S1. The molecule has 0 atom stereocenters. The van der Waals surface area contributed by atoms with Crippen LogP contribution in [0.25, 0.3) is 6.08 Å². The molecule has 1 aromatic carbocycles. The Hall–Kier alpha value is -2.19. The van der Waals surface area contributed by atoms with Crippen LogP contribution in [0.3, 0.4) is 0 Å². The molecule has 6 nitrogen and oxygen atoms in total. The first-order valence-electron chi connectivity index (χ1n) is 7.19. The summed E-state index contributed by atoms with van der Waals surface area (Å²) in [6.07, 6.45) is 3.39. The molecule has 0 radical (unpaired) electrons. The first kappa shape index (κ1) is 19.1. The number of thioether (sulfide) groups is 2. The topological polar surface area (TPSA) is 74.2 Å². The van der Waals surface area contributed by atoms with Gasteiger partial charge in [-0.3, -0.25) is 9.59 Å². The largest absolute Gasteiger partial charge is 0.493 e. The van der Waals surface area contributed by atoms with Gasteiger partial charge in [0.05, 0.1) is 14.2 Å². The summed E-state index contributed by atoms with van der Waals surface area (Å²) in [5.41, 5.74) is 0.980. The molecule has 0 unspecified atom stereocenters. The molecule has 0 aliphatic carbocycles. The predicted octanol–water partition coefficient (Wildman–Crippen LogP) is 3.52. The van der Waals surface area contributed by atoms with Crippen molar-refractivity contribution in [3.05, 3.63) is 36.0 Å². The molecule has 0 N–H and O–H groups in total. The quantitative estimate of drug-likeness (QED) is 0.324. The summed E-state index contributed by atoms with van der Waals surface area (Å²) in [5, 5.41) is -0.131. The molecular formula is C17H17NO5S2. The van der Waals surface area contributed by atoms with E-state index in [0.29, 0.717) is 32.9 Å². The summed E-state index contributed by atoms with van der Waals surface area (Å²) in [5.74, 6) is 1.04. The smallest absolute Gasteiger partial charge is 0.308 e. The maximum Gasteiger partial charge on any atom is 0.308 e. The zero-order valence-electron chi connectivity index (χ0n) is 14.0. The second-order valence-electron chi connectivity index (χ2n) is 4.74. The Morgan fingerprint density at radius 1 is 1.32 bits per heavy atom. The number of rotatable bonds is 6. The molecule has 25 heavy (non-hydrogen) atoms. The first-order valence-corrected chi connectivity index (χ1v) is 8.99. The lowest BCUT2D eigenvalue weighted by Crippen LogP contribution is -2.05. The molecule has 0 aromatic heterocycles. The van der Waals surface area contributed by atoms with Crippen molar-refractivity contribution in [2.24, 2.45) is 4.99 Å². The third kappa shape index (κ3) is 4.90. The fourth-order valence-electron chi connectivity index (χ4n) is 1.97. The predicted molar refractivity (Wildman–Crippen MR) is 102 cm³/mol. The van der Waals surface area contributed by atoms with E-state index in [-0.39, 0.29) is 10.9 Å². The van der Waals surface area contributed by atoms with Gasteiger partial charge in [0.15, 0.2) is 11.5 Å². The highest BCUT2D eigenvalue weighted by molar-refractivity contribution is 8.45. The van der Waals surface area contributed by atoms with Crippen molar-refractivity contribution in [3.63, 3.8) is 0 Å². The second kappa shape index (κ2) is 8.77. The van der Waals surface area contributed by atoms with Crippen LogP contribution in [0.1, 0.15) is 12.5 Å². The van der Waals surface area contributed by atoms with Crippen molar-refractivity contribution in [2.75, 3.05) is 20.0 Å². The Labute approximate surface area is 154 Å². The van der Waals surface area contributed by atoms with E-state index in [1.807, 2.05) is 0 Å². The van der Waals surface area contributed by atoms with E-state index in [1.54, 1.807) is 24.3 Å². The molecular weight excluding hydrogens is 362 g/mol. The normalized spacial score (nSPS) is 15.1. The Morgan fingerprint density at radius 2 is 1.96 bits per heavy atom. The lowest BCUT2D eigenvalue weighted by molar-refractivity contribution is -0.132. The van der Waals surface area contributed by atoms with Gasteiger partial charge < -0.3 is 14.2 Å². The number of carbonyl (C=O) groups is 2. The number of esters is 1. The number of aliphatic imine (C=N–C) groups is 1. The lowest BCUT2D eigenvalue weighted by Gasteiger charge is -2.13. The van der Waals surface area contributed by atoms with Crippen molar-refractivity contribution in [3.8, 4) is 17.2 Å². The Bertz CT molecular complexity index is 745. The van der Waals surface area contributed by atoms with Crippen LogP contribution in [-0.4, -0.2) is 35.4 Å². The molecule has 8 heteroatoms. The van der Waals surface area contributed by atoms with Gasteiger partial charge in [-0.15, -0.1) is 6.58 Å². The van der Waals surface area contributed by atoms with Crippen molar-refractivity contribution in [1.82, 2.24) is 0 Å². The summed E-state index contributed by atoms with van der Waals surface area (Å²) in [6.45, 7) is 4.94. The minimum atomic E-state index is -0.487. The van der Waals surface area contributed by atoms with E-state index in [2.05, 4.69) is 11.6 Å². The Kier molecular flexibility index (Phi) is 6.72. The fraction of sp³-hybridized carbons (Fsp3) is 0.235. The van der Waals surface area contributed by atoms with Crippen LogP contribution in [0, 0.1) is 0 Å². The van der Waals surface area contributed by atoms with Crippen molar-refractivity contribution >= 4 is 45.1 Å². The highest BCUT2D eigenvalue weighted by atomic mass is 32.2. The van der Waals surface area contributed by atoms with Gasteiger partial charge in [0.2, 0.25) is 10.9 Å². The molecule has 1 aliphatic heterocycles. The van der Waals surface area contributed by atoms with Gasteiger partial charge in [-0.05, 0) is 35.5 Å². The molecule has 0 spiro atoms.